The number of nitrogens with zero attached hydrogens (tertiary/aromatic N) is 1. The molecular weight excluding hydrogens is 334 g/mol. The Labute approximate surface area is 150 Å². The number of aryl methyl sites for hydroxylation is 1. The molecule has 1 heterocycles. The number of carbonyl (C=O) groups excluding carboxylic acids is 2. The third-order valence-electron chi connectivity index (χ3n) is 3.68. The number of anilines is 2. The number of rotatable bonds is 5. The Hall–Kier alpha value is -2.73. The molecule has 0 aliphatic heterocycles. The van der Waals surface area contributed by atoms with Crippen molar-refractivity contribution in [3.8, 4) is 0 Å². The topological polar surface area (TPSA) is 71.1 Å². The van der Waals surface area contributed by atoms with Crippen LogP contribution in [0.4, 0.5) is 10.8 Å². The fourth-order valence-corrected chi connectivity index (χ4v) is 3.29. The molecule has 3 rings (SSSR count). The molecule has 25 heavy (non-hydrogen) atoms. The summed E-state index contributed by atoms with van der Waals surface area (Å²) in [4.78, 5) is 28.4. The largest absolute Gasteiger partial charge is 0.322 e. The summed E-state index contributed by atoms with van der Waals surface area (Å²) in [5.74, 6) is -0.185. The minimum Gasteiger partial charge on any atom is -0.322 e. The van der Waals surface area contributed by atoms with Crippen LogP contribution in [-0.2, 0) is 4.79 Å². The molecule has 0 atom stereocenters. The fraction of sp³-hybridized carbons (Fsp3) is 0.211. The van der Waals surface area contributed by atoms with Gasteiger partial charge < -0.3 is 10.6 Å². The third-order valence-corrected chi connectivity index (χ3v) is 4.62. The molecule has 0 bridgehead atoms. The third kappa shape index (κ3) is 4.22. The van der Waals surface area contributed by atoms with Crippen LogP contribution in [0.15, 0.2) is 42.5 Å². The van der Waals surface area contributed by atoms with Crippen LogP contribution in [0.3, 0.4) is 0 Å². The number of nitrogens with one attached hydrogen (secondary N) is 2. The van der Waals surface area contributed by atoms with Gasteiger partial charge in [0.25, 0.3) is 5.91 Å². The van der Waals surface area contributed by atoms with Gasteiger partial charge in [-0.2, -0.15) is 0 Å². The zero-order valence-corrected chi connectivity index (χ0v) is 14.9. The van der Waals surface area contributed by atoms with Gasteiger partial charge in [0.2, 0.25) is 5.91 Å². The summed E-state index contributed by atoms with van der Waals surface area (Å²) in [5.41, 5.74) is 3.22. The monoisotopic (exact) mass is 353 g/mol. The van der Waals surface area contributed by atoms with Gasteiger partial charge in [-0.05, 0) is 43.7 Å². The quantitative estimate of drug-likeness (QED) is 0.704. The predicted octanol–water partition coefficient (Wildman–Crippen LogP) is 4.60. The maximum absolute atomic E-state index is 12.3. The van der Waals surface area contributed by atoms with Gasteiger partial charge in [0.05, 0.1) is 10.2 Å². The Morgan fingerprint density at radius 3 is 2.56 bits per heavy atom. The first kappa shape index (κ1) is 17.1. The lowest BCUT2D eigenvalue weighted by Crippen LogP contribution is -2.11. The molecule has 1 aromatic heterocycles. The van der Waals surface area contributed by atoms with Crippen molar-refractivity contribution in [2.24, 2.45) is 0 Å². The molecule has 5 nitrogen and oxygen atoms in total. The molecule has 0 aliphatic rings. The Morgan fingerprint density at radius 1 is 1.08 bits per heavy atom. The van der Waals surface area contributed by atoms with Crippen LogP contribution < -0.4 is 10.6 Å². The summed E-state index contributed by atoms with van der Waals surface area (Å²) in [6, 6.07) is 12.9. The smallest absolute Gasteiger partial charge is 0.255 e. The SMILES string of the molecule is CCCC(=O)Nc1nc2ccc(NC(=O)c3ccc(C)cc3)cc2s1. The van der Waals surface area contributed by atoms with E-state index in [-0.39, 0.29) is 11.8 Å². The van der Waals surface area contributed by atoms with Crippen LogP contribution in [0.1, 0.15) is 35.7 Å². The second-order valence-electron chi connectivity index (χ2n) is 5.82. The molecule has 6 heteroatoms. The van der Waals surface area contributed by atoms with Crippen molar-refractivity contribution in [3.63, 3.8) is 0 Å². The van der Waals surface area contributed by atoms with Crippen LogP contribution in [0.5, 0.6) is 0 Å². The van der Waals surface area contributed by atoms with E-state index < -0.39 is 0 Å². The second-order valence-corrected chi connectivity index (χ2v) is 6.85. The van der Waals surface area contributed by atoms with E-state index in [2.05, 4.69) is 15.6 Å². The van der Waals surface area contributed by atoms with Gasteiger partial charge in [0, 0.05) is 17.7 Å². The van der Waals surface area contributed by atoms with E-state index >= 15 is 0 Å². The first-order chi connectivity index (χ1) is 12.0. The Bertz CT molecular complexity index is 916. The highest BCUT2D eigenvalue weighted by Crippen LogP contribution is 2.28. The maximum atomic E-state index is 12.3. The standard InChI is InChI=1S/C19H19N3O2S/c1-3-4-17(23)22-19-21-15-10-9-14(11-16(15)25-19)20-18(24)13-7-5-12(2)6-8-13/h5-11H,3-4H2,1-2H3,(H,20,24)(H,21,22,23). The van der Waals surface area contributed by atoms with Crippen molar-refractivity contribution in [3.05, 3.63) is 53.6 Å². The lowest BCUT2D eigenvalue weighted by Gasteiger charge is -2.05. The van der Waals surface area contributed by atoms with E-state index in [9.17, 15) is 9.59 Å². The van der Waals surface area contributed by atoms with Crippen molar-refractivity contribution in [1.82, 2.24) is 4.98 Å². The normalized spacial score (nSPS) is 10.6. The molecule has 0 saturated carbocycles. The fourth-order valence-electron chi connectivity index (χ4n) is 2.37. The number of hydrogen-bond acceptors (Lipinski definition) is 4. The molecule has 0 saturated heterocycles. The number of amides is 2. The molecule has 2 N–H and O–H groups in total. The molecule has 0 spiro atoms. The minimum atomic E-state index is -0.152. The number of thiazole rings is 1. The van der Waals surface area contributed by atoms with E-state index in [0.717, 1.165) is 22.2 Å². The molecular formula is C19H19N3O2S. The summed E-state index contributed by atoms with van der Waals surface area (Å²) in [7, 11) is 0. The van der Waals surface area contributed by atoms with Crippen LogP contribution in [0.2, 0.25) is 0 Å². The minimum absolute atomic E-state index is 0.0329. The Kier molecular flexibility index (Phi) is 5.09. The summed E-state index contributed by atoms with van der Waals surface area (Å²) in [5, 5.41) is 6.28. The molecule has 3 aromatic rings. The van der Waals surface area contributed by atoms with E-state index in [1.165, 1.54) is 11.3 Å². The zero-order chi connectivity index (χ0) is 17.8. The van der Waals surface area contributed by atoms with E-state index in [1.807, 2.05) is 44.2 Å². The van der Waals surface area contributed by atoms with Crippen molar-refractivity contribution in [1.29, 1.82) is 0 Å². The number of aromatic nitrogens is 1. The van der Waals surface area contributed by atoms with Crippen LogP contribution >= 0.6 is 11.3 Å². The number of fused-ring (bicyclic) bond motifs is 1. The molecule has 0 fully saturated rings. The van der Waals surface area contributed by atoms with Crippen molar-refractivity contribution >= 4 is 44.2 Å². The lowest BCUT2D eigenvalue weighted by atomic mass is 10.1. The van der Waals surface area contributed by atoms with Gasteiger partial charge in [-0.1, -0.05) is 36.0 Å². The van der Waals surface area contributed by atoms with Crippen molar-refractivity contribution < 1.29 is 9.59 Å². The van der Waals surface area contributed by atoms with Gasteiger partial charge >= 0.3 is 0 Å². The highest BCUT2D eigenvalue weighted by atomic mass is 32.1. The number of hydrogen-bond donors (Lipinski definition) is 2. The summed E-state index contributed by atoms with van der Waals surface area (Å²) < 4.78 is 0.911. The highest BCUT2D eigenvalue weighted by molar-refractivity contribution is 7.22. The average molecular weight is 353 g/mol. The van der Waals surface area contributed by atoms with Gasteiger partial charge in [-0.15, -0.1) is 0 Å². The molecule has 2 amide bonds. The summed E-state index contributed by atoms with van der Waals surface area (Å²) in [6.45, 7) is 3.94. The highest BCUT2D eigenvalue weighted by Gasteiger charge is 2.10. The Balaban J connectivity index is 1.75. The van der Waals surface area contributed by atoms with Crippen LogP contribution in [0, 0.1) is 6.92 Å². The van der Waals surface area contributed by atoms with E-state index in [0.29, 0.717) is 22.8 Å². The number of benzene rings is 2. The van der Waals surface area contributed by atoms with E-state index in [1.54, 1.807) is 12.1 Å². The Morgan fingerprint density at radius 2 is 1.84 bits per heavy atom. The van der Waals surface area contributed by atoms with Crippen molar-refractivity contribution in [2.75, 3.05) is 10.6 Å². The first-order valence-corrected chi connectivity index (χ1v) is 8.95. The van der Waals surface area contributed by atoms with Crippen LogP contribution in [0.25, 0.3) is 10.2 Å². The predicted molar refractivity (Wildman–Crippen MR) is 102 cm³/mol. The molecule has 128 valence electrons. The van der Waals surface area contributed by atoms with Gasteiger partial charge in [0.15, 0.2) is 5.13 Å². The van der Waals surface area contributed by atoms with Gasteiger partial charge in [-0.25, -0.2) is 4.98 Å². The second kappa shape index (κ2) is 7.44. The molecule has 0 aliphatic carbocycles. The summed E-state index contributed by atoms with van der Waals surface area (Å²) >= 11 is 1.40. The van der Waals surface area contributed by atoms with Gasteiger partial charge in [0.1, 0.15) is 0 Å². The first-order valence-electron chi connectivity index (χ1n) is 8.13. The molecule has 2 aromatic carbocycles. The van der Waals surface area contributed by atoms with Crippen molar-refractivity contribution in [2.45, 2.75) is 26.7 Å². The van der Waals surface area contributed by atoms with Gasteiger partial charge in [-0.3, -0.25) is 9.59 Å². The lowest BCUT2D eigenvalue weighted by molar-refractivity contribution is -0.116. The zero-order valence-electron chi connectivity index (χ0n) is 14.1. The number of carbonyl (C=O) groups is 2. The maximum Gasteiger partial charge on any atom is 0.255 e. The molecule has 0 unspecified atom stereocenters. The van der Waals surface area contributed by atoms with E-state index in [4.69, 9.17) is 0 Å². The summed E-state index contributed by atoms with van der Waals surface area (Å²) in [6.07, 6.45) is 1.28. The van der Waals surface area contributed by atoms with Crippen LogP contribution in [-0.4, -0.2) is 16.8 Å². The average Bonchev–Trinajstić information content (AvgIpc) is 2.97. The molecule has 0 radical (unpaired) electrons.